The van der Waals surface area contributed by atoms with Gasteiger partial charge in [-0.05, 0) is 41.6 Å². The van der Waals surface area contributed by atoms with E-state index >= 15 is 0 Å². The third-order valence-corrected chi connectivity index (χ3v) is 4.64. The Morgan fingerprint density at radius 1 is 1.16 bits per heavy atom. The number of thiophene rings is 1. The highest BCUT2D eigenvalue weighted by Gasteiger charge is 2.16. The fourth-order valence-electron chi connectivity index (χ4n) is 2.42. The maximum absolute atomic E-state index is 13.8. The van der Waals surface area contributed by atoms with E-state index in [2.05, 4.69) is 10.3 Å². The first-order chi connectivity index (χ1) is 12.2. The predicted octanol–water partition coefficient (Wildman–Crippen LogP) is 4.56. The van der Waals surface area contributed by atoms with E-state index in [9.17, 15) is 9.18 Å². The van der Waals surface area contributed by atoms with Crippen LogP contribution in [0.5, 0.6) is 0 Å². The van der Waals surface area contributed by atoms with Gasteiger partial charge in [-0.2, -0.15) is 0 Å². The largest absolute Gasteiger partial charge is 0.322 e. The molecular weight excluding hydrogens is 337 g/mol. The molecule has 6 heteroatoms. The number of pyridine rings is 1. The molecular formula is C19H18FN3OS. The molecule has 0 radical (unpaired) electrons. The number of para-hydroxylation sites is 1. The highest BCUT2D eigenvalue weighted by atomic mass is 32.1. The van der Waals surface area contributed by atoms with E-state index < -0.39 is 5.82 Å². The Labute approximate surface area is 150 Å². The van der Waals surface area contributed by atoms with Crippen molar-refractivity contribution in [3.63, 3.8) is 0 Å². The van der Waals surface area contributed by atoms with Gasteiger partial charge in [0, 0.05) is 30.4 Å². The minimum Gasteiger partial charge on any atom is -0.320 e. The maximum Gasteiger partial charge on any atom is 0.322 e. The molecule has 0 atom stereocenters. The van der Waals surface area contributed by atoms with E-state index in [1.54, 1.807) is 46.8 Å². The van der Waals surface area contributed by atoms with E-state index in [-0.39, 0.29) is 11.7 Å². The number of carbonyl (C=O) groups is 1. The standard InChI is InChI=1S/C19H18FN3OS/c20-17-7-1-2-8-18(17)22-19(24)23(11-9-16-6-4-12-25-16)14-15-5-3-10-21-13-15/h1-8,10,12-13H,9,11,14H2,(H,22,24). The first-order valence-corrected chi connectivity index (χ1v) is 8.82. The fourth-order valence-corrected chi connectivity index (χ4v) is 3.12. The Hall–Kier alpha value is -2.73. The third kappa shape index (κ3) is 4.87. The van der Waals surface area contributed by atoms with Crippen LogP contribution in [0.15, 0.2) is 66.3 Å². The summed E-state index contributed by atoms with van der Waals surface area (Å²) in [6, 6.07) is 13.6. The fraction of sp³-hybridized carbons (Fsp3) is 0.158. The van der Waals surface area contributed by atoms with Crippen LogP contribution < -0.4 is 5.32 Å². The molecule has 1 N–H and O–H groups in total. The number of rotatable bonds is 6. The van der Waals surface area contributed by atoms with Crippen molar-refractivity contribution in [2.24, 2.45) is 0 Å². The van der Waals surface area contributed by atoms with Crippen LogP contribution in [0.2, 0.25) is 0 Å². The van der Waals surface area contributed by atoms with Gasteiger partial charge in [0.1, 0.15) is 5.82 Å². The molecule has 0 fully saturated rings. The highest BCUT2D eigenvalue weighted by Crippen LogP contribution is 2.15. The molecule has 2 heterocycles. The lowest BCUT2D eigenvalue weighted by molar-refractivity contribution is 0.209. The van der Waals surface area contributed by atoms with Gasteiger partial charge in [-0.15, -0.1) is 11.3 Å². The highest BCUT2D eigenvalue weighted by molar-refractivity contribution is 7.09. The van der Waals surface area contributed by atoms with Crippen LogP contribution in [-0.2, 0) is 13.0 Å². The van der Waals surface area contributed by atoms with E-state index in [4.69, 9.17) is 0 Å². The summed E-state index contributed by atoms with van der Waals surface area (Å²) in [5.41, 5.74) is 1.11. The number of carbonyl (C=O) groups excluding carboxylic acids is 1. The molecule has 2 amide bonds. The van der Waals surface area contributed by atoms with Gasteiger partial charge in [-0.3, -0.25) is 4.98 Å². The van der Waals surface area contributed by atoms with Crippen molar-refractivity contribution in [2.45, 2.75) is 13.0 Å². The number of anilines is 1. The molecule has 0 unspecified atom stereocenters. The number of nitrogens with zero attached hydrogens (tertiary/aromatic N) is 2. The van der Waals surface area contributed by atoms with Gasteiger partial charge in [-0.1, -0.05) is 24.3 Å². The molecule has 128 valence electrons. The number of nitrogens with one attached hydrogen (secondary N) is 1. The molecule has 0 saturated heterocycles. The molecule has 25 heavy (non-hydrogen) atoms. The van der Waals surface area contributed by atoms with Gasteiger partial charge < -0.3 is 10.2 Å². The Morgan fingerprint density at radius 2 is 2.04 bits per heavy atom. The quantitative estimate of drug-likeness (QED) is 0.704. The summed E-state index contributed by atoms with van der Waals surface area (Å²) < 4.78 is 13.8. The zero-order valence-electron chi connectivity index (χ0n) is 13.6. The molecule has 2 aromatic heterocycles. The van der Waals surface area contributed by atoms with Crippen molar-refractivity contribution in [1.29, 1.82) is 0 Å². The lowest BCUT2D eigenvalue weighted by Gasteiger charge is -2.23. The van der Waals surface area contributed by atoms with Crippen molar-refractivity contribution in [3.8, 4) is 0 Å². The summed E-state index contributed by atoms with van der Waals surface area (Å²) in [7, 11) is 0. The zero-order chi connectivity index (χ0) is 17.5. The second-order valence-electron chi connectivity index (χ2n) is 5.52. The van der Waals surface area contributed by atoms with Gasteiger partial charge in [0.2, 0.25) is 0 Å². The summed E-state index contributed by atoms with van der Waals surface area (Å²) in [5, 5.41) is 4.67. The monoisotopic (exact) mass is 355 g/mol. The Kier molecular flexibility index (Phi) is 5.74. The molecule has 0 bridgehead atoms. The van der Waals surface area contributed by atoms with Crippen LogP contribution in [-0.4, -0.2) is 22.5 Å². The van der Waals surface area contributed by atoms with Crippen LogP contribution in [0.4, 0.5) is 14.9 Å². The maximum atomic E-state index is 13.8. The third-order valence-electron chi connectivity index (χ3n) is 3.71. The SMILES string of the molecule is O=C(Nc1ccccc1F)N(CCc1cccs1)Cc1cccnc1. The zero-order valence-corrected chi connectivity index (χ0v) is 14.4. The summed E-state index contributed by atoms with van der Waals surface area (Å²) in [5.74, 6) is -0.449. The van der Waals surface area contributed by atoms with Gasteiger partial charge >= 0.3 is 6.03 Å². The summed E-state index contributed by atoms with van der Waals surface area (Å²) in [6.45, 7) is 0.954. The van der Waals surface area contributed by atoms with Crippen LogP contribution in [0.3, 0.4) is 0 Å². The molecule has 4 nitrogen and oxygen atoms in total. The molecule has 0 spiro atoms. The Balaban J connectivity index is 1.72. The van der Waals surface area contributed by atoms with E-state index in [1.165, 1.54) is 10.9 Å². The Morgan fingerprint density at radius 3 is 2.76 bits per heavy atom. The first-order valence-electron chi connectivity index (χ1n) is 7.94. The Bertz CT molecular complexity index is 809. The van der Waals surface area contributed by atoms with Crippen LogP contribution in [0, 0.1) is 5.82 Å². The number of benzene rings is 1. The van der Waals surface area contributed by atoms with E-state index in [0.29, 0.717) is 13.1 Å². The first kappa shape index (κ1) is 17.1. The van der Waals surface area contributed by atoms with Crippen molar-refractivity contribution < 1.29 is 9.18 Å². The predicted molar refractivity (Wildman–Crippen MR) is 98.1 cm³/mol. The number of hydrogen-bond acceptors (Lipinski definition) is 3. The normalized spacial score (nSPS) is 10.4. The van der Waals surface area contributed by atoms with Gasteiger partial charge in [-0.25, -0.2) is 9.18 Å². The van der Waals surface area contributed by atoms with Crippen molar-refractivity contribution in [2.75, 3.05) is 11.9 Å². The minimum absolute atomic E-state index is 0.180. The average molecular weight is 355 g/mol. The van der Waals surface area contributed by atoms with Crippen molar-refractivity contribution in [3.05, 3.63) is 82.6 Å². The summed E-state index contributed by atoms with van der Waals surface area (Å²) >= 11 is 1.66. The molecule has 0 aliphatic heterocycles. The second-order valence-corrected chi connectivity index (χ2v) is 6.55. The minimum atomic E-state index is -0.449. The number of halogens is 1. The smallest absolute Gasteiger partial charge is 0.320 e. The van der Waals surface area contributed by atoms with E-state index in [1.807, 2.05) is 29.6 Å². The van der Waals surface area contributed by atoms with Gasteiger partial charge in [0.25, 0.3) is 0 Å². The molecule has 3 rings (SSSR count). The van der Waals surface area contributed by atoms with Crippen molar-refractivity contribution >= 4 is 23.1 Å². The van der Waals surface area contributed by atoms with Crippen LogP contribution in [0.1, 0.15) is 10.4 Å². The second kappa shape index (κ2) is 8.39. The number of hydrogen-bond donors (Lipinski definition) is 1. The van der Waals surface area contributed by atoms with Gasteiger partial charge in [0.15, 0.2) is 0 Å². The van der Waals surface area contributed by atoms with Crippen LogP contribution in [0.25, 0.3) is 0 Å². The summed E-state index contributed by atoms with van der Waals surface area (Å²) in [4.78, 5) is 19.6. The lowest BCUT2D eigenvalue weighted by atomic mass is 10.2. The lowest BCUT2D eigenvalue weighted by Crippen LogP contribution is -2.36. The molecule has 3 aromatic rings. The van der Waals surface area contributed by atoms with Crippen LogP contribution >= 0.6 is 11.3 Å². The number of amides is 2. The molecule has 0 saturated carbocycles. The molecule has 0 aliphatic carbocycles. The number of aromatic nitrogens is 1. The summed E-state index contributed by atoms with van der Waals surface area (Å²) in [6.07, 6.45) is 4.18. The number of urea groups is 1. The van der Waals surface area contributed by atoms with Gasteiger partial charge in [0.05, 0.1) is 5.69 Å². The van der Waals surface area contributed by atoms with E-state index in [0.717, 1.165) is 12.0 Å². The average Bonchev–Trinajstić information content (AvgIpc) is 3.15. The van der Waals surface area contributed by atoms with Crippen molar-refractivity contribution in [1.82, 2.24) is 9.88 Å². The molecule has 1 aromatic carbocycles. The molecule has 0 aliphatic rings. The topological polar surface area (TPSA) is 45.2 Å².